The van der Waals surface area contributed by atoms with Crippen LogP contribution in [0.4, 0.5) is 5.69 Å². The minimum absolute atomic E-state index is 0.0332. The van der Waals surface area contributed by atoms with Gasteiger partial charge in [-0.05, 0) is 40.1 Å². The summed E-state index contributed by atoms with van der Waals surface area (Å²) < 4.78 is 0. The van der Waals surface area contributed by atoms with Gasteiger partial charge in [-0.25, -0.2) is 4.79 Å². The first kappa shape index (κ1) is 15.4. The van der Waals surface area contributed by atoms with Crippen LogP contribution in [0.1, 0.15) is 11.1 Å². The molecule has 3 aromatic rings. The third-order valence-electron chi connectivity index (χ3n) is 3.73. The van der Waals surface area contributed by atoms with Crippen LogP contribution >= 0.6 is 0 Å². The molecule has 0 saturated carbocycles. The van der Waals surface area contributed by atoms with Gasteiger partial charge in [0.05, 0.1) is 10.5 Å². The molecule has 0 heterocycles. The van der Waals surface area contributed by atoms with Crippen molar-refractivity contribution in [3.05, 3.63) is 88.0 Å². The van der Waals surface area contributed by atoms with Gasteiger partial charge in [-0.1, -0.05) is 42.5 Å². The highest BCUT2D eigenvalue weighted by Crippen LogP contribution is 2.27. The van der Waals surface area contributed by atoms with Crippen molar-refractivity contribution in [2.75, 3.05) is 0 Å². The molecule has 118 valence electrons. The number of nitro groups is 1. The second-order valence-electron chi connectivity index (χ2n) is 5.24. The Labute approximate surface area is 137 Å². The molecule has 0 aromatic heterocycles. The Morgan fingerprint density at radius 3 is 2.29 bits per heavy atom. The number of rotatable bonds is 4. The van der Waals surface area contributed by atoms with E-state index in [1.165, 1.54) is 30.3 Å². The van der Waals surface area contributed by atoms with Gasteiger partial charge < -0.3 is 5.11 Å². The fraction of sp³-hybridized carbons (Fsp3) is 0. The maximum absolute atomic E-state index is 11.7. The summed E-state index contributed by atoms with van der Waals surface area (Å²) in [6.45, 7) is 0. The lowest BCUT2D eigenvalue weighted by Crippen LogP contribution is -2.00. The predicted molar refractivity (Wildman–Crippen MR) is 92.6 cm³/mol. The Morgan fingerprint density at radius 2 is 1.62 bits per heavy atom. The van der Waals surface area contributed by atoms with Crippen molar-refractivity contribution >= 4 is 34.1 Å². The smallest absolute Gasteiger partial charge is 0.336 e. The van der Waals surface area contributed by atoms with E-state index >= 15 is 0 Å². The van der Waals surface area contributed by atoms with Crippen LogP contribution in [0.15, 0.2) is 66.7 Å². The maximum atomic E-state index is 11.7. The van der Waals surface area contributed by atoms with Gasteiger partial charge in [-0.2, -0.15) is 0 Å². The second kappa shape index (κ2) is 6.34. The number of benzene rings is 3. The van der Waals surface area contributed by atoms with Crippen LogP contribution in [0.5, 0.6) is 0 Å². The monoisotopic (exact) mass is 319 g/mol. The van der Waals surface area contributed by atoms with E-state index in [0.717, 1.165) is 10.8 Å². The van der Waals surface area contributed by atoms with Gasteiger partial charge in [0.25, 0.3) is 5.69 Å². The molecule has 0 atom stereocenters. The summed E-state index contributed by atoms with van der Waals surface area (Å²) in [6.07, 6.45) is 1.52. The highest BCUT2D eigenvalue weighted by Gasteiger charge is 2.14. The maximum Gasteiger partial charge on any atom is 0.336 e. The topological polar surface area (TPSA) is 80.4 Å². The summed E-state index contributed by atoms with van der Waals surface area (Å²) in [4.78, 5) is 22.0. The van der Waals surface area contributed by atoms with Crippen molar-refractivity contribution in [3.63, 3.8) is 0 Å². The molecule has 0 aliphatic carbocycles. The molecule has 0 amide bonds. The zero-order valence-electron chi connectivity index (χ0n) is 12.5. The Hall–Kier alpha value is -3.47. The summed E-state index contributed by atoms with van der Waals surface area (Å²) in [5.74, 6) is -1.05. The number of aliphatic carboxylic acids is 1. The van der Waals surface area contributed by atoms with E-state index in [2.05, 4.69) is 0 Å². The van der Waals surface area contributed by atoms with Crippen molar-refractivity contribution in [3.8, 4) is 0 Å². The minimum atomic E-state index is -1.05. The molecule has 0 aliphatic heterocycles. The van der Waals surface area contributed by atoms with Gasteiger partial charge in [0.15, 0.2) is 0 Å². The molecule has 0 bridgehead atoms. The van der Waals surface area contributed by atoms with Crippen molar-refractivity contribution in [1.29, 1.82) is 0 Å². The fourth-order valence-corrected chi connectivity index (χ4v) is 2.57. The molecule has 3 aromatic carbocycles. The highest BCUT2D eigenvalue weighted by molar-refractivity contribution is 6.23. The second-order valence-corrected chi connectivity index (χ2v) is 5.24. The van der Waals surface area contributed by atoms with Crippen LogP contribution in [0.2, 0.25) is 0 Å². The van der Waals surface area contributed by atoms with Gasteiger partial charge in [-0.3, -0.25) is 10.1 Å². The van der Waals surface area contributed by atoms with Crippen LogP contribution in [-0.2, 0) is 4.79 Å². The Balaban J connectivity index is 2.12. The molecule has 5 heteroatoms. The zero-order chi connectivity index (χ0) is 17.1. The number of carbonyl (C=O) groups is 1. The molecule has 5 nitrogen and oxygen atoms in total. The van der Waals surface area contributed by atoms with Crippen LogP contribution in [0.25, 0.3) is 22.4 Å². The summed E-state index contributed by atoms with van der Waals surface area (Å²) in [5.41, 5.74) is 1.31. The lowest BCUT2D eigenvalue weighted by molar-refractivity contribution is -0.384. The molecule has 0 aliphatic rings. The molecule has 0 saturated heterocycles. The van der Waals surface area contributed by atoms with Crippen LogP contribution in [-0.4, -0.2) is 16.0 Å². The molecule has 1 N–H and O–H groups in total. The number of non-ortho nitro benzene ring substituents is 1. The Kier molecular flexibility index (Phi) is 4.07. The molecular formula is C19H13NO4. The van der Waals surface area contributed by atoms with Crippen LogP contribution in [0, 0.1) is 10.1 Å². The number of hydrogen-bond acceptors (Lipinski definition) is 3. The zero-order valence-corrected chi connectivity index (χ0v) is 12.5. The molecule has 0 fully saturated rings. The van der Waals surface area contributed by atoms with E-state index in [4.69, 9.17) is 0 Å². The van der Waals surface area contributed by atoms with E-state index in [9.17, 15) is 20.0 Å². The number of carboxylic acids is 1. The quantitative estimate of drug-likeness (QED) is 0.335. The molecule has 0 unspecified atom stereocenters. The van der Waals surface area contributed by atoms with Crippen LogP contribution in [0.3, 0.4) is 0 Å². The van der Waals surface area contributed by atoms with Crippen molar-refractivity contribution < 1.29 is 14.8 Å². The Morgan fingerprint density at radius 1 is 0.958 bits per heavy atom. The van der Waals surface area contributed by atoms with Gasteiger partial charge in [-0.15, -0.1) is 0 Å². The first-order chi connectivity index (χ1) is 11.6. The van der Waals surface area contributed by atoms with Crippen molar-refractivity contribution in [1.82, 2.24) is 0 Å². The average molecular weight is 319 g/mol. The molecular weight excluding hydrogens is 306 g/mol. The average Bonchev–Trinajstić information content (AvgIpc) is 2.59. The summed E-state index contributed by atoms with van der Waals surface area (Å²) in [6, 6.07) is 18.8. The van der Waals surface area contributed by atoms with Gasteiger partial charge in [0.1, 0.15) is 0 Å². The molecule has 0 radical (unpaired) electrons. The van der Waals surface area contributed by atoms with E-state index in [1.54, 1.807) is 6.07 Å². The number of hydrogen-bond donors (Lipinski definition) is 1. The van der Waals surface area contributed by atoms with E-state index in [0.29, 0.717) is 11.1 Å². The number of nitro benzene ring substituents is 1. The lowest BCUT2D eigenvalue weighted by atomic mass is 9.96. The highest BCUT2D eigenvalue weighted by atomic mass is 16.6. The SMILES string of the molecule is O=C(O)/C(=C/c1ccc([N+](=O)[O-])cc1)c1cccc2ccccc12. The first-order valence-electron chi connectivity index (χ1n) is 7.24. The van der Waals surface area contributed by atoms with Gasteiger partial charge in [0.2, 0.25) is 0 Å². The van der Waals surface area contributed by atoms with Crippen LogP contribution < -0.4 is 0 Å². The Bertz CT molecular complexity index is 953. The third kappa shape index (κ3) is 3.01. The first-order valence-corrected chi connectivity index (χ1v) is 7.24. The summed E-state index contributed by atoms with van der Waals surface area (Å²) in [7, 11) is 0. The van der Waals surface area contributed by atoms with Gasteiger partial charge >= 0.3 is 5.97 Å². The summed E-state index contributed by atoms with van der Waals surface area (Å²) in [5, 5.41) is 22.1. The molecule has 24 heavy (non-hydrogen) atoms. The van der Waals surface area contributed by atoms with Gasteiger partial charge in [0, 0.05) is 12.1 Å². The lowest BCUT2D eigenvalue weighted by Gasteiger charge is -2.08. The van der Waals surface area contributed by atoms with Crippen molar-refractivity contribution in [2.24, 2.45) is 0 Å². The van der Waals surface area contributed by atoms with E-state index in [1.807, 2.05) is 36.4 Å². The summed E-state index contributed by atoms with van der Waals surface area (Å²) >= 11 is 0. The third-order valence-corrected chi connectivity index (χ3v) is 3.73. The standard InChI is InChI=1S/C19H13NO4/c21-19(22)18(12-13-8-10-15(11-9-13)20(23)24)17-7-3-5-14-4-1-2-6-16(14)17/h1-12H,(H,21,22)/b18-12+. The number of nitrogens with zero attached hydrogens (tertiary/aromatic N) is 1. The number of carboxylic acid groups (broad SMARTS) is 1. The predicted octanol–water partition coefficient (Wildman–Crippen LogP) is 4.37. The fourth-order valence-electron chi connectivity index (χ4n) is 2.57. The number of fused-ring (bicyclic) bond motifs is 1. The largest absolute Gasteiger partial charge is 0.478 e. The molecule has 3 rings (SSSR count). The normalized spacial score (nSPS) is 11.4. The molecule has 0 spiro atoms. The minimum Gasteiger partial charge on any atom is -0.478 e. The van der Waals surface area contributed by atoms with E-state index in [-0.39, 0.29) is 11.3 Å². The van der Waals surface area contributed by atoms with Crippen molar-refractivity contribution in [2.45, 2.75) is 0 Å². The van der Waals surface area contributed by atoms with E-state index < -0.39 is 10.9 Å².